The third kappa shape index (κ3) is 2.46. The van der Waals surface area contributed by atoms with E-state index in [1.54, 1.807) is 31.4 Å². The van der Waals surface area contributed by atoms with E-state index in [0.29, 0.717) is 11.7 Å². The number of phenolic OH excluding ortho intramolecular Hbond substituents is 1. The van der Waals surface area contributed by atoms with Gasteiger partial charge in [0.2, 0.25) is 5.82 Å². The van der Waals surface area contributed by atoms with Crippen molar-refractivity contribution >= 4 is 0 Å². The summed E-state index contributed by atoms with van der Waals surface area (Å²) >= 11 is 0. The number of methoxy groups -OCH3 is 1. The second-order valence-electron chi connectivity index (χ2n) is 4.38. The number of benzene rings is 1. The summed E-state index contributed by atoms with van der Waals surface area (Å²) in [6.07, 6.45) is 1.54. The van der Waals surface area contributed by atoms with Crippen LogP contribution in [0.3, 0.4) is 0 Å². The first kappa shape index (κ1) is 13.5. The molecule has 1 N–H and O–H groups in total. The molecular formula is C14H18N2O3. The van der Waals surface area contributed by atoms with Crippen molar-refractivity contribution in [2.75, 3.05) is 7.11 Å². The zero-order chi connectivity index (χ0) is 13.9. The number of aromatic hydroxyl groups is 1. The van der Waals surface area contributed by atoms with Gasteiger partial charge in [-0.15, -0.1) is 0 Å². The Balaban J connectivity index is 2.35. The van der Waals surface area contributed by atoms with Gasteiger partial charge >= 0.3 is 0 Å². The maximum absolute atomic E-state index is 9.27. The van der Waals surface area contributed by atoms with Crippen LogP contribution in [0.4, 0.5) is 0 Å². The van der Waals surface area contributed by atoms with Crippen LogP contribution in [0.5, 0.6) is 5.75 Å². The Morgan fingerprint density at radius 3 is 2.37 bits per heavy atom. The number of phenols is 1. The quantitative estimate of drug-likeness (QED) is 0.896. The molecule has 2 rings (SSSR count). The minimum atomic E-state index is -0.501. The van der Waals surface area contributed by atoms with Crippen LogP contribution in [0, 0.1) is 0 Å². The molecule has 0 spiro atoms. The highest BCUT2D eigenvalue weighted by Gasteiger charge is 2.33. The van der Waals surface area contributed by atoms with Crippen molar-refractivity contribution in [3.8, 4) is 17.2 Å². The van der Waals surface area contributed by atoms with Gasteiger partial charge in [-0.3, -0.25) is 0 Å². The van der Waals surface area contributed by atoms with Gasteiger partial charge in [0.05, 0.1) is 0 Å². The topological polar surface area (TPSA) is 68.4 Å². The van der Waals surface area contributed by atoms with Crippen LogP contribution >= 0.6 is 0 Å². The average molecular weight is 262 g/mol. The van der Waals surface area contributed by atoms with Crippen molar-refractivity contribution in [2.24, 2.45) is 0 Å². The summed E-state index contributed by atoms with van der Waals surface area (Å²) in [6.45, 7) is 4.06. The highest BCUT2D eigenvalue weighted by Crippen LogP contribution is 2.31. The molecule has 0 fully saturated rings. The normalized spacial score (nSPS) is 11.7. The van der Waals surface area contributed by atoms with E-state index in [1.165, 1.54) is 0 Å². The monoisotopic (exact) mass is 262 g/mol. The lowest BCUT2D eigenvalue weighted by atomic mass is 9.96. The standard InChI is InChI=1S/C14H18N2O3/c1-4-14(5-2,18-3)13-15-12(19-16-13)10-6-8-11(17)9-7-10/h6-9,17H,4-5H2,1-3H3. The van der Waals surface area contributed by atoms with E-state index in [9.17, 15) is 5.11 Å². The van der Waals surface area contributed by atoms with Gasteiger partial charge in [-0.05, 0) is 37.1 Å². The van der Waals surface area contributed by atoms with Crippen molar-refractivity contribution in [1.29, 1.82) is 0 Å². The predicted octanol–water partition coefficient (Wildman–Crippen LogP) is 3.10. The number of aromatic nitrogens is 2. The lowest BCUT2D eigenvalue weighted by Crippen LogP contribution is -2.28. The van der Waals surface area contributed by atoms with E-state index >= 15 is 0 Å². The van der Waals surface area contributed by atoms with Gasteiger partial charge in [0, 0.05) is 12.7 Å². The summed E-state index contributed by atoms with van der Waals surface area (Å²) in [5, 5.41) is 13.3. The molecule has 0 amide bonds. The molecule has 0 unspecified atom stereocenters. The number of hydrogen-bond donors (Lipinski definition) is 1. The van der Waals surface area contributed by atoms with E-state index in [2.05, 4.69) is 10.1 Å². The Morgan fingerprint density at radius 2 is 1.84 bits per heavy atom. The minimum Gasteiger partial charge on any atom is -0.508 e. The van der Waals surface area contributed by atoms with Gasteiger partial charge < -0.3 is 14.4 Å². The number of rotatable bonds is 5. The second kappa shape index (κ2) is 5.40. The van der Waals surface area contributed by atoms with E-state index in [0.717, 1.165) is 18.4 Å². The van der Waals surface area contributed by atoms with Crippen molar-refractivity contribution in [3.63, 3.8) is 0 Å². The van der Waals surface area contributed by atoms with Crippen molar-refractivity contribution < 1.29 is 14.4 Å². The summed E-state index contributed by atoms with van der Waals surface area (Å²) in [4.78, 5) is 4.41. The van der Waals surface area contributed by atoms with E-state index in [1.807, 2.05) is 13.8 Å². The largest absolute Gasteiger partial charge is 0.508 e. The average Bonchev–Trinajstić information content (AvgIpc) is 2.93. The fraction of sp³-hybridized carbons (Fsp3) is 0.429. The Labute approximate surface area is 112 Å². The summed E-state index contributed by atoms with van der Waals surface area (Å²) < 4.78 is 10.8. The molecule has 5 heteroatoms. The first-order chi connectivity index (χ1) is 9.15. The van der Waals surface area contributed by atoms with Crippen LogP contribution in [0.1, 0.15) is 32.5 Å². The second-order valence-corrected chi connectivity index (χ2v) is 4.38. The maximum atomic E-state index is 9.27. The molecule has 1 aromatic heterocycles. The molecule has 0 saturated carbocycles. The summed E-state index contributed by atoms with van der Waals surface area (Å²) in [6, 6.07) is 6.64. The van der Waals surface area contributed by atoms with Crippen LogP contribution < -0.4 is 0 Å². The Morgan fingerprint density at radius 1 is 1.21 bits per heavy atom. The number of hydrogen-bond acceptors (Lipinski definition) is 5. The molecule has 19 heavy (non-hydrogen) atoms. The highest BCUT2D eigenvalue weighted by atomic mass is 16.5. The van der Waals surface area contributed by atoms with E-state index < -0.39 is 5.60 Å². The van der Waals surface area contributed by atoms with Crippen LogP contribution in [0.15, 0.2) is 28.8 Å². The smallest absolute Gasteiger partial charge is 0.258 e. The molecule has 0 aliphatic carbocycles. The molecule has 5 nitrogen and oxygen atoms in total. The molecule has 0 bridgehead atoms. The molecule has 1 heterocycles. The van der Waals surface area contributed by atoms with Gasteiger partial charge in [-0.1, -0.05) is 19.0 Å². The van der Waals surface area contributed by atoms with Crippen molar-refractivity contribution in [3.05, 3.63) is 30.1 Å². The molecule has 0 radical (unpaired) electrons. The van der Waals surface area contributed by atoms with Gasteiger partial charge in [-0.25, -0.2) is 0 Å². The maximum Gasteiger partial charge on any atom is 0.258 e. The van der Waals surface area contributed by atoms with E-state index in [-0.39, 0.29) is 5.75 Å². The lowest BCUT2D eigenvalue weighted by molar-refractivity contribution is -0.0306. The van der Waals surface area contributed by atoms with Gasteiger partial charge in [0.25, 0.3) is 5.89 Å². The van der Waals surface area contributed by atoms with Crippen LogP contribution in [0.2, 0.25) is 0 Å². The molecule has 0 saturated heterocycles. The fourth-order valence-corrected chi connectivity index (χ4v) is 2.08. The van der Waals surface area contributed by atoms with Crippen LogP contribution in [0.25, 0.3) is 11.5 Å². The predicted molar refractivity (Wildman–Crippen MR) is 70.7 cm³/mol. The third-order valence-electron chi connectivity index (χ3n) is 3.48. The SMILES string of the molecule is CCC(CC)(OC)c1noc(-c2ccc(O)cc2)n1. The van der Waals surface area contributed by atoms with Gasteiger partial charge in [0.1, 0.15) is 11.4 Å². The van der Waals surface area contributed by atoms with Gasteiger partial charge in [0.15, 0.2) is 0 Å². The Kier molecular flexibility index (Phi) is 3.85. The molecule has 102 valence electrons. The highest BCUT2D eigenvalue weighted by molar-refractivity contribution is 5.54. The van der Waals surface area contributed by atoms with Crippen molar-refractivity contribution in [1.82, 2.24) is 10.1 Å². The molecule has 0 aliphatic heterocycles. The Bertz CT molecular complexity index is 522. The number of ether oxygens (including phenoxy) is 1. The molecule has 2 aromatic rings. The molecular weight excluding hydrogens is 244 g/mol. The lowest BCUT2D eigenvalue weighted by Gasteiger charge is -2.25. The van der Waals surface area contributed by atoms with Crippen LogP contribution in [-0.2, 0) is 10.3 Å². The summed E-state index contributed by atoms with van der Waals surface area (Å²) in [5.41, 5.74) is 0.271. The molecule has 0 aliphatic rings. The van der Waals surface area contributed by atoms with Gasteiger partial charge in [-0.2, -0.15) is 4.98 Å². The third-order valence-corrected chi connectivity index (χ3v) is 3.48. The number of nitrogens with zero attached hydrogens (tertiary/aromatic N) is 2. The summed E-state index contributed by atoms with van der Waals surface area (Å²) in [5.74, 6) is 1.19. The first-order valence-electron chi connectivity index (χ1n) is 6.34. The first-order valence-corrected chi connectivity index (χ1v) is 6.34. The minimum absolute atomic E-state index is 0.205. The molecule has 1 aromatic carbocycles. The van der Waals surface area contributed by atoms with Crippen molar-refractivity contribution in [2.45, 2.75) is 32.3 Å². The molecule has 0 atom stereocenters. The van der Waals surface area contributed by atoms with E-state index in [4.69, 9.17) is 9.26 Å². The summed E-state index contributed by atoms with van der Waals surface area (Å²) in [7, 11) is 1.66. The zero-order valence-electron chi connectivity index (χ0n) is 11.4. The van der Waals surface area contributed by atoms with Crippen LogP contribution in [-0.4, -0.2) is 22.4 Å². The Hall–Kier alpha value is -1.88. The fourth-order valence-electron chi connectivity index (χ4n) is 2.08. The zero-order valence-corrected chi connectivity index (χ0v) is 11.4.